The second-order valence-corrected chi connectivity index (χ2v) is 22.0. The fourth-order valence-electron chi connectivity index (χ4n) is 17.6. The standard InChI is InChI=1S/C62H67NO/c1-3-18-40(19-4-1)61(41-20-5-2-6-21-41)51-27-12-10-25-47(51)50-38-42(35-37-55(50)61)63(57-31-17-33-59-60(57)49-26-11-16-32-58(49)64-59)43-34-36-48-46-24-9-15-30-54(46)62(56(48)39-43)52-28-13-7-22-44(52)45-23-8-14-29-53(45)62/h1,3,5,7-8,11-13,15,18,20-23,26-27,30,34-36,43,46,50,52,54-55,57,59-60H,2,4,6,9-10,14,16-17,19,24-25,28-29,31-33,37-39H2. The third-order valence-electron chi connectivity index (χ3n) is 19.6. The molecule has 0 N–H and O–H groups in total. The van der Waals surface area contributed by atoms with Crippen molar-refractivity contribution in [1.82, 2.24) is 4.90 Å². The van der Waals surface area contributed by atoms with Gasteiger partial charge in [0.15, 0.2) is 0 Å². The van der Waals surface area contributed by atoms with Crippen molar-refractivity contribution in [3.63, 3.8) is 0 Å². The highest BCUT2D eigenvalue weighted by Gasteiger charge is 2.63. The van der Waals surface area contributed by atoms with Gasteiger partial charge in [-0.2, -0.15) is 0 Å². The van der Waals surface area contributed by atoms with Crippen molar-refractivity contribution in [1.29, 1.82) is 0 Å². The minimum atomic E-state index is -0.0141. The van der Waals surface area contributed by atoms with Crippen molar-refractivity contribution in [2.45, 2.75) is 140 Å². The van der Waals surface area contributed by atoms with E-state index in [4.69, 9.17) is 4.74 Å². The first-order valence-electron chi connectivity index (χ1n) is 26.3. The summed E-state index contributed by atoms with van der Waals surface area (Å²) in [6.07, 6.45) is 74.2. The second-order valence-electron chi connectivity index (χ2n) is 22.0. The van der Waals surface area contributed by atoms with Crippen LogP contribution in [0.1, 0.15) is 122 Å². The van der Waals surface area contributed by atoms with Gasteiger partial charge in [0.2, 0.25) is 0 Å². The zero-order valence-corrected chi connectivity index (χ0v) is 38.0. The lowest BCUT2D eigenvalue weighted by Gasteiger charge is -2.51. The summed E-state index contributed by atoms with van der Waals surface area (Å²) in [6.45, 7) is 0. The molecule has 11 unspecified atom stereocenters. The Balaban J connectivity index is 0.915. The number of allylic oxidation sites excluding steroid dienone is 29. The smallest absolute Gasteiger partial charge is 0.107 e. The highest BCUT2D eigenvalue weighted by atomic mass is 16.5. The van der Waals surface area contributed by atoms with E-state index >= 15 is 0 Å². The van der Waals surface area contributed by atoms with Crippen LogP contribution in [0.2, 0.25) is 0 Å². The van der Waals surface area contributed by atoms with Crippen LogP contribution in [-0.2, 0) is 4.74 Å². The molecule has 1 heterocycles. The summed E-state index contributed by atoms with van der Waals surface area (Å²) in [5, 5.41) is 0. The predicted octanol–water partition coefficient (Wildman–Crippen LogP) is 14.9. The van der Waals surface area contributed by atoms with Gasteiger partial charge >= 0.3 is 0 Å². The van der Waals surface area contributed by atoms with Crippen LogP contribution >= 0.6 is 0 Å². The zero-order chi connectivity index (χ0) is 42.0. The quantitative estimate of drug-likeness (QED) is 0.256. The van der Waals surface area contributed by atoms with Gasteiger partial charge in [-0.15, -0.1) is 0 Å². The topological polar surface area (TPSA) is 12.5 Å². The van der Waals surface area contributed by atoms with Crippen LogP contribution in [0, 0.1) is 46.3 Å². The molecular formula is C62H67NO. The van der Waals surface area contributed by atoms with Crippen molar-refractivity contribution in [2.24, 2.45) is 46.3 Å². The van der Waals surface area contributed by atoms with Crippen molar-refractivity contribution in [3.8, 4) is 0 Å². The van der Waals surface area contributed by atoms with E-state index in [9.17, 15) is 0 Å². The number of nitrogens with zero attached hydrogens (tertiary/aromatic N) is 1. The van der Waals surface area contributed by atoms with E-state index in [-0.39, 0.29) is 10.8 Å². The van der Waals surface area contributed by atoms with E-state index in [0.29, 0.717) is 53.7 Å². The highest BCUT2D eigenvalue weighted by Crippen LogP contribution is 2.72. The fraction of sp³-hybridized carbons (Fsp3) is 0.484. The third-order valence-corrected chi connectivity index (χ3v) is 19.6. The first kappa shape index (κ1) is 38.7. The zero-order valence-electron chi connectivity index (χ0n) is 38.0. The molecule has 0 amide bonds. The molecule has 2 heteroatoms. The summed E-state index contributed by atoms with van der Waals surface area (Å²) in [5.41, 5.74) is 18.7. The molecule has 0 aromatic carbocycles. The fourth-order valence-corrected chi connectivity index (χ4v) is 17.6. The normalized spacial score (nSPS) is 40.6. The van der Waals surface area contributed by atoms with E-state index < -0.39 is 0 Å². The van der Waals surface area contributed by atoms with Crippen LogP contribution in [0.5, 0.6) is 0 Å². The van der Waals surface area contributed by atoms with Crippen molar-refractivity contribution < 1.29 is 4.74 Å². The molecule has 11 atom stereocenters. The third kappa shape index (κ3) is 5.26. The van der Waals surface area contributed by atoms with Gasteiger partial charge in [0, 0.05) is 40.8 Å². The first-order chi connectivity index (χ1) is 31.8. The summed E-state index contributed by atoms with van der Waals surface area (Å²) in [6, 6.07) is 0.790. The van der Waals surface area contributed by atoms with E-state index in [1.807, 2.05) is 5.57 Å². The van der Waals surface area contributed by atoms with E-state index in [1.165, 1.54) is 102 Å². The largest absolute Gasteiger partial charge is 0.494 e. The van der Waals surface area contributed by atoms with Gasteiger partial charge in [-0.3, -0.25) is 0 Å². The van der Waals surface area contributed by atoms with Crippen LogP contribution in [-0.4, -0.2) is 23.1 Å². The Bertz CT molecular complexity index is 2580. The molecule has 14 rings (SSSR count). The van der Waals surface area contributed by atoms with Crippen LogP contribution in [0.25, 0.3) is 0 Å². The average molecular weight is 842 g/mol. The minimum Gasteiger partial charge on any atom is -0.494 e. The Morgan fingerprint density at radius 2 is 1.53 bits per heavy atom. The van der Waals surface area contributed by atoms with Gasteiger partial charge in [0.05, 0.1) is 6.04 Å². The number of fused-ring (bicyclic) bond motifs is 12. The summed E-state index contributed by atoms with van der Waals surface area (Å²) in [4.78, 5) is 3.14. The molecule has 1 fully saturated rings. The van der Waals surface area contributed by atoms with Crippen molar-refractivity contribution in [3.05, 3.63) is 189 Å². The van der Waals surface area contributed by atoms with Gasteiger partial charge < -0.3 is 9.64 Å². The monoisotopic (exact) mass is 842 g/mol. The molecule has 1 saturated carbocycles. The van der Waals surface area contributed by atoms with Crippen LogP contribution in [0.15, 0.2) is 189 Å². The van der Waals surface area contributed by atoms with E-state index in [2.05, 4.69) is 126 Å². The van der Waals surface area contributed by atoms with Crippen molar-refractivity contribution >= 4 is 0 Å². The summed E-state index contributed by atoms with van der Waals surface area (Å²) in [5.74, 6) is 4.66. The molecule has 1 aliphatic heterocycles. The lowest BCUT2D eigenvalue weighted by molar-refractivity contribution is 0.0216. The number of rotatable bonds is 5. The second kappa shape index (κ2) is 15.0. The highest BCUT2D eigenvalue weighted by molar-refractivity contribution is 5.66. The van der Waals surface area contributed by atoms with Gasteiger partial charge in [-0.05, 0) is 173 Å². The lowest BCUT2D eigenvalue weighted by Crippen LogP contribution is -2.52. The number of ether oxygens (including phenoxy) is 1. The minimum absolute atomic E-state index is 0.0141. The molecule has 2 nitrogen and oxygen atoms in total. The van der Waals surface area contributed by atoms with E-state index in [0.717, 1.165) is 25.7 Å². The molecule has 0 radical (unpaired) electrons. The average Bonchev–Trinajstić information content (AvgIpc) is 4.08. The maximum atomic E-state index is 7.04. The van der Waals surface area contributed by atoms with Gasteiger partial charge in [0.25, 0.3) is 0 Å². The molecule has 0 saturated heterocycles. The molecule has 0 aromatic heterocycles. The predicted molar refractivity (Wildman–Crippen MR) is 261 cm³/mol. The maximum absolute atomic E-state index is 7.04. The Labute approximate surface area is 383 Å². The van der Waals surface area contributed by atoms with Gasteiger partial charge in [-0.1, -0.05) is 144 Å². The lowest BCUT2D eigenvalue weighted by atomic mass is 9.57. The van der Waals surface area contributed by atoms with E-state index in [1.54, 1.807) is 55.9 Å². The molecule has 326 valence electrons. The molecular weight excluding hydrogens is 775 g/mol. The first-order valence-corrected chi connectivity index (χ1v) is 26.3. The van der Waals surface area contributed by atoms with Crippen LogP contribution in [0.3, 0.4) is 0 Å². The molecule has 0 bridgehead atoms. The van der Waals surface area contributed by atoms with Gasteiger partial charge in [-0.25, -0.2) is 0 Å². The molecule has 64 heavy (non-hydrogen) atoms. The SMILES string of the molecule is C1=CCCC(C2(C3=CCCC=C3)C3=C(CCC=C3)C3CC(N(C4C=CC5=C(C4)C4(C6=C(C=CCC6)C6=CC=CCC64)C4C=CCCC54)C4CCCC5OC6=C(C=CCC6)C54)=CCC32)=C1. The molecule has 0 aromatic rings. The Morgan fingerprint density at radius 1 is 0.641 bits per heavy atom. The molecule has 13 aliphatic carbocycles. The van der Waals surface area contributed by atoms with Crippen LogP contribution < -0.4 is 0 Å². The van der Waals surface area contributed by atoms with Gasteiger partial charge in [0.1, 0.15) is 11.9 Å². The van der Waals surface area contributed by atoms with Crippen molar-refractivity contribution in [2.75, 3.05) is 0 Å². The Hall–Kier alpha value is -4.56. The summed E-state index contributed by atoms with van der Waals surface area (Å²) >= 11 is 0. The summed E-state index contributed by atoms with van der Waals surface area (Å²) in [7, 11) is 0. The maximum Gasteiger partial charge on any atom is 0.107 e. The summed E-state index contributed by atoms with van der Waals surface area (Å²) < 4.78 is 7.04. The Kier molecular flexibility index (Phi) is 9.06. The number of hydrogen-bond acceptors (Lipinski definition) is 2. The Morgan fingerprint density at radius 3 is 2.47 bits per heavy atom. The van der Waals surface area contributed by atoms with Crippen LogP contribution in [0.4, 0.5) is 0 Å². The molecule has 1 spiro atoms. The number of hydrogen-bond donors (Lipinski definition) is 0. The molecule has 14 aliphatic rings.